The molecule has 0 bridgehead atoms. The maximum atomic E-state index is 11.1. The number of carboxylic acids is 1. The fourth-order valence-corrected chi connectivity index (χ4v) is 2.77. The lowest BCUT2D eigenvalue weighted by molar-refractivity contribution is 0.0696. The van der Waals surface area contributed by atoms with Crippen molar-refractivity contribution in [3.8, 4) is 5.75 Å². The summed E-state index contributed by atoms with van der Waals surface area (Å²) in [5, 5.41) is 9.15. The summed E-state index contributed by atoms with van der Waals surface area (Å²) in [6.45, 7) is 0. The van der Waals surface area contributed by atoms with Gasteiger partial charge in [0.05, 0.1) is 12.7 Å². The second-order valence-electron chi connectivity index (χ2n) is 4.15. The van der Waals surface area contributed by atoms with E-state index < -0.39 is 5.97 Å². The molecular weight excluding hydrogens is 274 g/mol. The van der Waals surface area contributed by atoms with E-state index in [2.05, 4.69) is 0 Å². The molecule has 4 nitrogen and oxygen atoms in total. The van der Waals surface area contributed by atoms with Crippen LogP contribution in [0.25, 0.3) is 0 Å². The summed E-state index contributed by atoms with van der Waals surface area (Å²) < 4.78 is 5.16. The van der Waals surface area contributed by atoms with Crippen molar-refractivity contribution < 1.29 is 14.6 Å². The maximum absolute atomic E-state index is 11.1. The molecule has 0 aromatic heterocycles. The lowest BCUT2D eigenvalue weighted by atomic mass is 10.1. The molecular formula is C15H15NO3S. The topological polar surface area (TPSA) is 72.5 Å². The SMILES string of the molecule is COc1ccc(N)c(SCc2ccccc2C(=O)O)c1. The molecule has 0 fully saturated rings. The molecule has 0 unspecified atom stereocenters. The van der Waals surface area contributed by atoms with Gasteiger partial charge in [-0.25, -0.2) is 4.79 Å². The minimum Gasteiger partial charge on any atom is -0.497 e. The van der Waals surface area contributed by atoms with Gasteiger partial charge < -0.3 is 15.6 Å². The highest BCUT2D eigenvalue weighted by Gasteiger charge is 2.10. The molecule has 2 rings (SSSR count). The average Bonchev–Trinajstić information content (AvgIpc) is 2.46. The molecule has 2 aromatic rings. The summed E-state index contributed by atoms with van der Waals surface area (Å²) in [6, 6.07) is 12.4. The standard InChI is InChI=1S/C15H15NO3S/c1-19-11-6-7-13(16)14(8-11)20-9-10-4-2-3-5-12(10)15(17)18/h2-8H,9,16H2,1H3,(H,17,18). The first-order valence-corrected chi connectivity index (χ1v) is 6.98. The van der Waals surface area contributed by atoms with Gasteiger partial charge in [0.25, 0.3) is 0 Å². The first-order valence-electron chi connectivity index (χ1n) is 5.99. The van der Waals surface area contributed by atoms with Gasteiger partial charge in [-0.3, -0.25) is 0 Å². The van der Waals surface area contributed by atoms with Gasteiger partial charge in [0.15, 0.2) is 0 Å². The molecule has 2 aromatic carbocycles. The fraction of sp³-hybridized carbons (Fsp3) is 0.133. The van der Waals surface area contributed by atoms with E-state index in [1.165, 1.54) is 11.8 Å². The monoisotopic (exact) mass is 289 g/mol. The highest BCUT2D eigenvalue weighted by molar-refractivity contribution is 7.98. The molecule has 0 atom stereocenters. The maximum Gasteiger partial charge on any atom is 0.335 e. The molecule has 0 saturated heterocycles. The number of methoxy groups -OCH3 is 1. The summed E-state index contributed by atoms with van der Waals surface area (Å²) in [4.78, 5) is 12.0. The molecule has 104 valence electrons. The summed E-state index contributed by atoms with van der Waals surface area (Å²) in [6.07, 6.45) is 0. The van der Waals surface area contributed by atoms with Gasteiger partial charge >= 0.3 is 5.97 Å². The number of nitrogen functional groups attached to an aromatic ring is 1. The first kappa shape index (κ1) is 14.3. The van der Waals surface area contributed by atoms with Crippen molar-refractivity contribution in [1.29, 1.82) is 0 Å². The Bertz CT molecular complexity index is 628. The van der Waals surface area contributed by atoms with Gasteiger partial charge in [-0.15, -0.1) is 11.8 Å². The summed E-state index contributed by atoms with van der Waals surface area (Å²) in [7, 11) is 1.60. The van der Waals surface area contributed by atoms with E-state index in [1.54, 1.807) is 31.4 Å². The Morgan fingerprint density at radius 1 is 1.30 bits per heavy atom. The van der Waals surface area contributed by atoms with Crippen molar-refractivity contribution in [2.24, 2.45) is 0 Å². The van der Waals surface area contributed by atoms with Crippen molar-refractivity contribution >= 4 is 23.4 Å². The number of benzene rings is 2. The zero-order valence-corrected chi connectivity index (χ0v) is 11.8. The number of rotatable bonds is 5. The van der Waals surface area contributed by atoms with Crippen molar-refractivity contribution in [2.45, 2.75) is 10.6 Å². The Labute approximate surface area is 121 Å². The molecule has 0 spiro atoms. The zero-order valence-electron chi connectivity index (χ0n) is 11.0. The molecule has 0 aliphatic heterocycles. The molecule has 0 radical (unpaired) electrons. The Morgan fingerprint density at radius 3 is 2.75 bits per heavy atom. The molecule has 0 aliphatic rings. The lowest BCUT2D eigenvalue weighted by Gasteiger charge is -2.09. The number of nitrogens with two attached hydrogens (primary N) is 1. The number of carbonyl (C=O) groups is 1. The van der Waals surface area contributed by atoms with Gasteiger partial charge in [-0.2, -0.15) is 0 Å². The van der Waals surface area contributed by atoms with E-state index in [9.17, 15) is 4.79 Å². The second-order valence-corrected chi connectivity index (χ2v) is 5.17. The average molecular weight is 289 g/mol. The van der Waals surface area contributed by atoms with Crippen molar-refractivity contribution in [1.82, 2.24) is 0 Å². The second kappa shape index (κ2) is 6.34. The quantitative estimate of drug-likeness (QED) is 0.653. The van der Waals surface area contributed by atoms with Gasteiger partial charge in [0.2, 0.25) is 0 Å². The van der Waals surface area contributed by atoms with Crippen molar-refractivity contribution in [3.63, 3.8) is 0 Å². The third-order valence-corrected chi connectivity index (χ3v) is 3.97. The van der Waals surface area contributed by atoms with Crippen LogP contribution in [0, 0.1) is 0 Å². The van der Waals surface area contributed by atoms with Crippen LogP contribution in [0.4, 0.5) is 5.69 Å². The Morgan fingerprint density at radius 2 is 2.05 bits per heavy atom. The Kier molecular flexibility index (Phi) is 4.53. The number of ether oxygens (including phenoxy) is 1. The van der Waals surface area contributed by atoms with Crippen LogP contribution in [0.2, 0.25) is 0 Å². The summed E-state index contributed by atoms with van der Waals surface area (Å²) in [5.74, 6) is 0.355. The van der Waals surface area contributed by atoms with Crippen LogP contribution in [0.1, 0.15) is 15.9 Å². The highest BCUT2D eigenvalue weighted by Crippen LogP contribution is 2.32. The molecule has 20 heavy (non-hydrogen) atoms. The van der Waals surface area contributed by atoms with Crippen molar-refractivity contribution in [3.05, 3.63) is 53.6 Å². The number of hydrogen-bond donors (Lipinski definition) is 2. The smallest absolute Gasteiger partial charge is 0.335 e. The van der Waals surface area contributed by atoms with Crippen LogP contribution in [0.5, 0.6) is 5.75 Å². The van der Waals surface area contributed by atoms with Crippen LogP contribution < -0.4 is 10.5 Å². The highest BCUT2D eigenvalue weighted by atomic mass is 32.2. The lowest BCUT2D eigenvalue weighted by Crippen LogP contribution is -2.01. The zero-order chi connectivity index (χ0) is 14.5. The van der Waals surface area contributed by atoms with E-state index in [4.69, 9.17) is 15.6 Å². The minimum absolute atomic E-state index is 0.321. The van der Waals surface area contributed by atoms with Gasteiger partial charge in [0, 0.05) is 16.3 Å². The molecule has 0 aliphatic carbocycles. The van der Waals surface area contributed by atoms with E-state index in [0.717, 1.165) is 16.2 Å². The normalized spacial score (nSPS) is 10.2. The third kappa shape index (κ3) is 3.24. The fourth-order valence-electron chi connectivity index (χ4n) is 1.78. The van der Waals surface area contributed by atoms with E-state index >= 15 is 0 Å². The van der Waals surface area contributed by atoms with Crippen LogP contribution >= 0.6 is 11.8 Å². The Balaban J connectivity index is 2.19. The van der Waals surface area contributed by atoms with Gasteiger partial charge in [0.1, 0.15) is 5.75 Å². The number of thioether (sulfide) groups is 1. The number of aromatic carboxylic acids is 1. The third-order valence-electron chi connectivity index (χ3n) is 2.85. The first-order chi connectivity index (χ1) is 9.61. The number of hydrogen-bond acceptors (Lipinski definition) is 4. The summed E-state index contributed by atoms with van der Waals surface area (Å²) in [5.41, 5.74) is 7.66. The van der Waals surface area contributed by atoms with Crippen LogP contribution in [0.3, 0.4) is 0 Å². The largest absolute Gasteiger partial charge is 0.497 e. The predicted molar refractivity (Wildman–Crippen MR) is 80.4 cm³/mol. The summed E-state index contributed by atoms with van der Waals surface area (Å²) >= 11 is 1.49. The number of anilines is 1. The Hall–Kier alpha value is -2.14. The molecule has 0 amide bonds. The van der Waals surface area contributed by atoms with E-state index in [-0.39, 0.29) is 0 Å². The van der Waals surface area contributed by atoms with E-state index in [0.29, 0.717) is 17.0 Å². The van der Waals surface area contributed by atoms with E-state index in [1.807, 2.05) is 18.2 Å². The minimum atomic E-state index is -0.917. The number of carboxylic acid groups (broad SMARTS) is 1. The van der Waals surface area contributed by atoms with Gasteiger partial charge in [-0.1, -0.05) is 18.2 Å². The molecule has 0 saturated carbocycles. The molecule has 5 heteroatoms. The molecule has 3 N–H and O–H groups in total. The van der Waals surface area contributed by atoms with Crippen LogP contribution in [-0.2, 0) is 5.75 Å². The van der Waals surface area contributed by atoms with Gasteiger partial charge in [-0.05, 0) is 29.8 Å². The predicted octanol–water partition coefficient (Wildman–Crippen LogP) is 3.27. The van der Waals surface area contributed by atoms with Crippen molar-refractivity contribution in [2.75, 3.05) is 12.8 Å². The molecule has 0 heterocycles. The van der Waals surface area contributed by atoms with Crippen LogP contribution in [0.15, 0.2) is 47.4 Å². The van der Waals surface area contributed by atoms with Crippen LogP contribution in [-0.4, -0.2) is 18.2 Å².